The Balaban J connectivity index is 2.03. The third-order valence-corrected chi connectivity index (χ3v) is 3.34. The largest absolute Gasteiger partial charge is 0.464 e. The number of carbonyl (C=O) groups excluding carboxylic acids is 1. The monoisotopic (exact) mass is 322 g/mol. The van der Waals surface area contributed by atoms with Crippen LogP contribution in [0.1, 0.15) is 5.56 Å². The van der Waals surface area contributed by atoms with Crippen LogP contribution in [0.25, 0.3) is 0 Å². The number of carbonyl (C=O) groups is 2. The molecule has 2 amide bonds. The zero-order chi connectivity index (χ0) is 16.8. The van der Waals surface area contributed by atoms with E-state index in [1.165, 1.54) is 6.08 Å². The first-order chi connectivity index (χ1) is 11.0. The Bertz CT molecular complexity index is 564. The van der Waals surface area contributed by atoms with E-state index in [0.717, 1.165) is 10.6 Å². The van der Waals surface area contributed by atoms with Crippen molar-refractivity contribution in [2.45, 2.75) is 24.9 Å². The van der Waals surface area contributed by atoms with Gasteiger partial charge in [-0.15, -0.1) is 6.58 Å². The van der Waals surface area contributed by atoms with Crippen LogP contribution >= 0.6 is 0 Å². The molecule has 1 saturated heterocycles. The van der Waals surface area contributed by atoms with Crippen LogP contribution in [0.2, 0.25) is 0 Å². The quantitative estimate of drug-likeness (QED) is 0.649. The number of hydrogen-bond acceptors (Lipinski definition) is 5. The molecule has 0 radical (unpaired) electrons. The van der Waals surface area contributed by atoms with Gasteiger partial charge in [0.2, 0.25) is 0 Å². The first-order valence-corrected chi connectivity index (χ1v) is 6.94. The van der Waals surface area contributed by atoms with Crippen LogP contribution in [0.15, 0.2) is 43.0 Å². The maximum atomic E-state index is 11.8. The van der Waals surface area contributed by atoms with Crippen molar-refractivity contribution in [3.8, 4) is 0 Å². The van der Waals surface area contributed by atoms with Crippen molar-refractivity contribution in [2.75, 3.05) is 6.61 Å². The number of nitrogens with zero attached hydrogens (tertiary/aromatic N) is 1. The van der Waals surface area contributed by atoms with Gasteiger partial charge in [-0.1, -0.05) is 36.4 Å². The van der Waals surface area contributed by atoms with E-state index in [9.17, 15) is 14.7 Å². The minimum Gasteiger partial charge on any atom is -0.464 e. The molecule has 0 aromatic heterocycles. The third kappa shape index (κ3) is 4.21. The lowest BCUT2D eigenvalue weighted by molar-refractivity contribution is 0.00550. The van der Waals surface area contributed by atoms with E-state index >= 15 is 0 Å². The average Bonchev–Trinajstić information content (AvgIpc) is 2.84. The van der Waals surface area contributed by atoms with Gasteiger partial charge in [-0.25, -0.2) is 20.0 Å². The van der Waals surface area contributed by atoms with Crippen molar-refractivity contribution in [1.29, 1.82) is 0 Å². The molecule has 124 valence electrons. The number of amides is 2. The van der Waals surface area contributed by atoms with Crippen LogP contribution in [0, 0.1) is 0 Å². The fourth-order valence-corrected chi connectivity index (χ4v) is 2.24. The number of benzene rings is 1. The second kappa shape index (κ2) is 7.61. The Morgan fingerprint density at radius 3 is 2.78 bits per heavy atom. The second-order valence-corrected chi connectivity index (χ2v) is 4.93. The molecule has 0 unspecified atom stereocenters. The maximum Gasteiger partial charge on any atom is 0.429 e. The van der Waals surface area contributed by atoms with Gasteiger partial charge in [0.15, 0.2) is 6.10 Å². The predicted octanol–water partition coefficient (Wildman–Crippen LogP) is 1.12. The Labute approximate surface area is 132 Å². The fraction of sp³-hybridized carbons (Fsp3) is 0.333. The molecule has 0 spiro atoms. The molecule has 1 heterocycles. The number of hydrogen-bond donors (Lipinski definition) is 3. The van der Waals surface area contributed by atoms with Crippen LogP contribution in [-0.4, -0.2) is 52.3 Å². The van der Waals surface area contributed by atoms with Crippen molar-refractivity contribution in [3.05, 3.63) is 48.6 Å². The highest BCUT2D eigenvalue weighted by molar-refractivity contribution is 5.75. The number of hydrazine groups is 1. The van der Waals surface area contributed by atoms with Gasteiger partial charge in [0, 0.05) is 0 Å². The van der Waals surface area contributed by atoms with Crippen molar-refractivity contribution in [3.63, 3.8) is 0 Å². The van der Waals surface area contributed by atoms with E-state index in [1.807, 2.05) is 35.8 Å². The van der Waals surface area contributed by atoms with Gasteiger partial charge in [0.05, 0.1) is 13.2 Å². The van der Waals surface area contributed by atoms with Gasteiger partial charge in [-0.3, -0.25) is 0 Å². The summed E-state index contributed by atoms with van der Waals surface area (Å²) in [7, 11) is 0. The van der Waals surface area contributed by atoms with Crippen LogP contribution in [-0.2, 0) is 16.1 Å². The lowest BCUT2D eigenvalue weighted by Gasteiger charge is -2.24. The standard InChI is InChI=1S/C15H18N2O6/c1-2-12(18)13-11(17(15(21)23-13)16-14(19)20)9-22-8-10-6-4-3-5-7-10/h2-7,11-13,16,18H,1,8-9H2,(H,19,20)/t11-,12+,13-/m0/s1. The molecule has 8 nitrogen and oxygen atoms in total. The van der Waals surface area contributed by atoms with Crippen LogP contribution < -0.4 is 5.43 Å². The Morgan fingerprint density at radius 2 is 2.17 bits per heavy atom. The van der Waals surface area contributed by atoms with Gasteiger partial charge in [-0.05, 0) is 5.56 Å². The summed E-state index contributed by atoms with van der Waals surface area (Å²) in [6.45, 7) is 3.70. The van der Waals surface area contributed by atoms with Gasteiger partial charge >= 0.3 is 12.2 Å². The van der Waals surface area contributed by atoms with Crippen molar-refractivity contribution < 1.29 is 29.3 Å². The SMILES string of the molecule is C=C[C@@H](O)[C@H]1OC(=O)N(NC(=O)O)[C@H]1COCc1ccccc1. The Hall–Kier alpha value is -2.58. The number of nitrogens with one attached hydrogen (secondary N) is 1. The molecule has 0 saturated carbocycles. The van der Waals surface area contributed by atoms with Gasteiger partial charge in [-0.2, -0.15) is 0 Å². The zero-order valence-corrected chi connectivity index (χ0v) is 12.3. The highest BCUT2D eigenvalue weighted by atomic mass is 16.6. The smallest absolute Gasteiger partial charge is 0.429 e. The van der Waals surface area contributed by atoms with Crippen molar-refractivity contribution >= 4 is 12.2 Å². The summed E-state index contributed by atoms with van der Waals surface area (Å²) in [4.78, 5) is 22.6. The molecule has 2 rings (SSSR count). The normalized spacial score (nSPS) is 21.6. The molecule has 1 aromatic carbocycles. The zero-order valence-electron chi connectivity index (χ0n) is 12.3. The molecule has 0 aliphatic carbocycles. The lowest BCUT2D eigenvalue weighted by Crippen LogP contribution is -2.52. The highest BCUT2D eigenvalue weighted by Crippen LogP contribution is 2.22. The molecular formula is C15H18N2O6. The summed E-state index contributed by atoms with van der Waals surface area (Å²) < 4.78 is 10.5. The second-order valence-electron chi connectivity index (χ2n) is 4.93. The molecule has 1 aliphatic heterocycles. The first-order valence-electron chi connectivity index (χ1n) is 6.94. The first kappa shape index (κ1) is 16.8. The summed E-state index contributed by atoms with van der Waals surface area (Å²) in [5.41, 5.74) is 2.88. The number of aliphatic hydroxyl groups is 1. The molecule has 3 atom stereocenters. The van der Waals surface area contributed by atoms with E-state index in [4.69, 9.17) is 14.6 Å². The number of rotatable bonds is 7. The lowest BCUT2D eigenvalue weighted by atomic mass is 10.1. The van der Waals surface area contributed by atoms with E-state index in [2.05, 4.69) is 6.58 Å². The number of cyclic esters (lactones) is 1. The molecule has 8 heteroatoms. The van der Waals surface area contributed by atoms with Gasteiger partial charge in [0.1, 0.15) is 12.1 Å². The average molecular weight is 322 g/mol. The minimum absolute atomic E-state index is 0.0174. The van der Waals surface area contributed by atoms with Gasteiger partial charge in [0.25, 0.3) is 0 Å². The maximum absolute atomic E-state index is 11.8. The predicted molar refractivity (Wildman–Crippen MR) is 79.4 cm³/mol. The Kier molecular flexibility index (Phi) is 5.56. The molecular weight excluding hydrogens is 304 g/mol. The topological polar surface area (TPSA) is 108 Å². The Morgan fingerprint density at radius 1 is 1.48 bits per heavy atom. The number of carboxylic acid groups (broad SMARTS) is 1. The molecule has 1 aromatic rings. The highest BCUT2D eigenvalue weighted by Gasteiger charge is 2.46. The van der Waals surface area contributed by atoms with E-state index in [0.29, 0.717) is 0 Å². The van der Waals surface area contributed by atoms with Crippen molar-refractivity contribution in [2.24, 2.45) is 0 Å². The minimum atomic E-state index is -1.41. The molecule has 0 bridgehead atoms. The number of aliphatic hydroxyl groups excluding tert-OH is 1. The van der Waals surface area contributed by atoms with E-state index in [-0.39, 0.29) is 13.2 Å². The van der Waals surface area contributed by atoms with Gasteiger partial charge < -0.3 is 19.7 Å². The van der Waals surface area contributed by atoms with E-state index in [1.54, 1.807) is 0 Å². The molecule has 1 fully saturated rings. The fourth-order valence-electron chi connectivity index (χ4n) is 2.24. The van der Waals surface area contributed by atoms with Crippen LogP contribution in [0.3, 0.4) is 0 Å². The molecule has 3 N–H and O–H groups in total. The number of ether oxygens (including phenoxy) is 2. The summed E-state index contributed by atoms with van der Waals surface area (Å²) >= 11 is 0. The van der Waals surface area contributed by atoms with Crippen molar-refractivity contribution in [1.82, 2.24) is 10.4 Å². The summed E-state index contributed by atoms with van der Waals surface area (Å²) in [6, 6.07) is 8.55. The van der Waals surface area contributed by atoms with Crippen LogP contribution in [0.4, 0.5) is 9.59 Å². The van der Waals surface area contributed by atoms with E-state index < -0.39 is 30.4 Å². The summed E-state index contributed by atoms with van der Waals surface area (Å²) in [6.07, 6.45) is -3.20. The summed E-state index contributed by atoms with van der Waals surface area (Å²) in [5.74, 6) is 0. The van der Waals surface area contributed by atoms with Crippen LogP contribution in [0.5, 0.6) is 0 Å². The molecule has 1 aliphatic rings. The summed E-state index contributed by atoms with van der Waals surface area (Å²) in [5, 5.41) is 19.5. The molecule has 23 heavy (non-hydrogen) atoms. The third-order valence-electron chi connectivity index (χ3n) is 3.34.